The average Bonchev–Trinajstić information content (AvgIpc) is 3.34. The molecule has 3 heteroatoms. The number of carbonyl (C=O) groups excluding carboxylic acids is 1. The molecule has 1 heterocycles. The van der Waals surface area contributed by atoms with Crippen LogP contribution in [-0.4, -0.2) is 25.3 Å². The van der Waals surface area contributed by atoms with E-state index in [1.54, 1.807) is 0 Å². The predicted molar refractivity (Wildman–Crippen MR) is 54.1 cm³/mol. The van der Waals surface area contributed by atoms with Crippen molar-refractivity contribution in [2.45, 2.75) is 51.2 Å². The summed E-state index contributed by atoms with van der Waals surface area (Å²) in [4.78, 5) is 12.0. The zero-order chi connectivity index (χ0) is 23.5. The second-order valence-corrected chi connectivity index (χ2v) is 2.30. The highest BCUT2D eigenvalue weighted by atomic mass is 16.6. The lowest BCUT2D eigenvalue weighted by molar-refractivity contribution is -0.144. The van der Waals surface area contributed by atoms with Crippen molar-refractivity contribution in [3.8, 4) is 0 Å². The third-order valence-corrected chi connectivity index (χ3v) is 1.22. The molecule has 0 aromatic heterocycles. The van der Waals surface area contributed by atoms with Crippen LogP contribution in [0.25, 0.3) is 0 Å². The first kappa shape index (κ1) is 2.57. The molecule has 0 aromatic carbocycles. The number of ether oxygens (including phenoxy) is 2. The zero-order valence-corrected chi connectivity index (χ0v) is 7.22. The lowest BCUT2D eigenvalue weighted by atomic mass is 10.1. The van der Waals surface area contributed by atoms with Gasteiger partial charge in [0.2, 0.25) is 0 Å². The molecule has 1 rings (SSSR count). The van der Waals surface area contributed by atoms with E-state index in [-0.39, 0.29) is 6.61 Å². The molecule has 0 saturated carbocycles. The molecule has 0 amide bonds. The Hall–Kier alpha value is -0.570. The molecule has 1 atom stereocenters. The molecule has 0 aliphatic carbocycles. The summed E-state index contributed by atoms with van der Waals surface area (Å²) in [6, 6.07) is 0. The molecule has 0 aromatic rings. The second kappa shape index (κ2) is 6.82. The van der Waals surface area contributed by atoms with Crippen LogP contribution in [-0.2, 0) is 14.3 Å². The van der Waals surface area contributed by atoms with Crippen LogP contribution < -0.4 is 0 Å². The maximum Gasteiger partial charge on any atom is 0.305 e. The van der Waals surface area contributed by atoms with Crippen molar-refractivity contribution < 1.29 is 34.8 Å². The Bertz CT molecular complexity index is 634. The molecular formula is C11H20O3. The third kappa shape index (κ3) is 5.97. The van der Waals surface area contributed by atoms with Crippen LogP contribution >= 0.6 is 0 Å². The maximum absolute atomic E-state index is 12.0. The van der Waals surface area contributed by atoms with Crippen LogP contribution in [0, 0.1) is 0 Å². The summed E-state index contributed by atoms with van der Waals surface area (Å²) in [6.45, 7) is -4.03. The molecule has 0 radical (unpaired) electrons. The summed E-state index contributed by atoms with van der Waals surface area (Å²) in [7, 11) is 0. The highest BCUT2D eigenvalue weighted by Gasteiger charge is 2.23. The minimum absolute atomic E-state index is 0.205. The van der Waals surface area contributed by atoms with E-state index in [0.717, 1.165) is 0 Å². The SMILES string of the molecule is [2H]C([2H])([2H])C([2H])([2H])C([2H])([2H])C([2H])([2H])C([2H])([2H])C([2H])([2H])C([2H])([2H])C(=O)OCC1CO1. The summed E-state index contributed by atoms with van der Waals surface area (Å²) < 4.78 is 123. The minimum Gasteiger partial charge on any atom is -0.463 e. The number of esters is 1. The van der Waals surface area contributed by atoms with Crippen molar-refractivity contribution in [1.29, 1.82) is 0 Å². The van der Waals surface area contributed by atoms with Gasteiger partial charge in [-0.15, -0.1) is 0 Å². The fraction of sp³-hybridized carbons (Fsp3) is 0.909. The summed E-state index contributed by atoms with van der Waals surface area (Å²) in [5.41, 5.74) is 0. The van der Waals surface area contributed by atoms with Gasteiger partial charge in [0.25, 0.3) is 0 Å². The molecule has 1 fully saturated rings. The molecule has 0 spiro atoms. The third-order valence-electron chi connectivity index (χ3n) is 1.22. The fourth-order valence-electron chi connectivity index (χ4n) is 0.545. The van der Waals surface area contributed by atoms with Crippen LogP contribution in [0.3, 0.4) is 0 Å². The number of hydrogen-bond donors (Lipinski definition) is 0. The topological polar surface area (TPSA) is 38.8 Å². The molecule has 0 N–H and O–H groups in total. The Morgan fingerprint density at radius 3 is 3.07 bits per heavy atom. The van der Waals surface area contributed by atoms with Gasteiger partial charge in [0, 0.05) is 26.9 Å². The van der Waals surface area contributed by atoms with E-state index in [2.05, 4.69) is 4.74 Å². The number of carbonyl (C=O) groups is 1. The van der Waals surface area contributed by atoms with Gasteiger partial charge in [-0.25, -0.2) is 0 Å². The Kier molecular flexibility index (Phi) is 1.25. The van der Waals surface area contributed by atoms with E-state index < -0.39 is 63.8 Å². The normalized spacial score (nSPS) is 42.3. The summed E-state index contributed by atoms with van der Waals surface area (Å²) in [5.74, 6) is -1.91. The van der Waals surface area contributed by atoms with Gasteiger partial charge < -0.3 is 9.47 Å². The highest BCUT2D eigenvalue weighted by molar-refractivity contribution is 5.69. The molecule has 0 bridgehead atoms. The molecule has 1 saturated heterocycles. The van der Waals surface area contributed by atoms with E-state index in [1.807, 2.05) is 0 Å². The molecule has 1 unspecified atom stereocenters. The Balaban J connectivity index is 3.38. The largest absolute Gasteiger partial charge is 0.463 e. The van der Waals surface area contributed by atoms with Gasteiger partial charge in [-0.2, -0.15) is 0 Å². The fourth-order valence-corrected chi connectivity index (χ4v) is 0.545. The van der Waals surface area contributed by atoms with Crippen molar-refractivity contribution in [2.75, 3.05) is 13.2 Å². The predicted octanol–water partition coefficient (Wildman–Crippen LogP) is 2.29. The van der Waals surface area contributed by atoms with Crippen LogP contribution in [0.1, 0.15) is 65.7 Å². The van der Waals surface area contributed by atoms with Gasteiger partial charge >= 0.3 is 5.97 Å². The van der Waals surface area contributed by atoms with Crippen LogP contribution in [0.2, 0.25) is 0 Å². The Labute approximate surface area is 107 Å². The average molecular weight is 215 g/mol. The second-order valence-electron chi connectivity index (χ2n) is 2.30. The zero-order valence-electron chi connectivity index (χ0n) is 22.2. The lowest BCUT2D eigenvalue weighted by Crippen LogP contribution is -2.09. The molecule has 1 aliphatic rings. The van der Waals surface area contributed by atoms with Crippen molar-refractivity contribution in [3.05, 3.63) is 0 Å². The van der Waals surface area contributed by atoms with E-state index >= 15 is 0 Å². The number of rotatable bonds is 8. The van der Waals surface area contributed by atoms with Gasteiger partial charge in [-0.1, -0.05) is 32.3 Å². The summed E-state index contributed by atoms with van der Waals surface area (Å²) in [5, 5.41) is 0. The summed E-state index contributed by atoms with van der Waals surface area (Å²) in [6.07, 6.45) is -25.2. The van der Waals surface area contributed by atoms with Gasteiger partial charge in [0.1, 0.15) is 12.7 Å². The Morgan fingerprint density at radius 2 is 2.36 bits per heavy atom. The minimum atomic E-state index is -4.26. The standard InChI is InChI=1S/C11H20O3/c1-2-3-4-5-6-7-11(12)14-9-10-8-13-10/h10H,2-9H2,1H3/i1D3,2D2,3D2,4D2,5D2,6D2,7D2. The highest BCUT2D eigenvalue weighted by Crippen LogP contribution is 2.10. The van der Waals surface area contributed by atoms with E-state index in [9.17, 15) is 4.79 Å². The van der Waals surface area contributed by atoms with E-state index in [0.29, 0.717) is 0 Å². The van der Waals surface area contributed by atoms with Crippen molar-refractivity contribution in [2.24, 2.45) is 0 Å². The molecule has 1 aliphatic heterocycles. The molecule has 14 heavy (non-hydrogen) atoms. The first-order chi connectivity index (χ1) is 12.5. The van der Waals surface area contributed by atoms with Crippen molar-refractivity contribution in [3.63, 3.8) is 0 Å². The monoisotopic (exact) mass is 215 g/mol. The molecule has 82 valence electrons. The van der Waals surface area contributed by atoms with Crippen LogP contribution in [0.4, 0.5) is 0 Å². The number of hydrogen-bond acceptors (Lipinski definition) is 3. The van der Waals surface area contributed by atoms with Crippen molar-refractivity contribution in [1.82, 2.24) is 0 Å². The quantitative estimate of drug-likeness (QED) is 0.460. The molecular weight excluding hydrogens is 180 g/mol. The van der Waals surface area contributed by atoms with Crippen LogP contribution in [0.15, 0.2) is 0 Å². The maximum atomic E-state index is 12.0. The van der Waals surface area contributed by atoms with Gasteiger partial charge in [-0.3, -0.25) is 4.79 Å². The van der Waals surface area contributed by atoms with Gasteiger partial charge in [0.15, 0.2) is 0 Å². The first-order valence-electron chi connectivity index (χ1n) is 11.3. The molecule has 3 nitrogen and oxygen atoms in total. The first-order valence-corrected chi connectivity index (χ1v) is 3.79. The van der Waals surface area contributed by atoms with Crippen LogP contribution in [0.5, 0.6) is 0 Å². The lowest BCUT2D eigenvalue weighted by Gasteiger charge is -2.02. The van der Waals surface area contributed by atoms with Crippen molar-refractivity contribution >= 4 is 5.97 Å². The Morgan fingerprint density at radius 1 is 1.57 bits per heavy atom. The van der Waals surface area contributed by atoms with E-state index in [1.165, 1.54) is 0 Å². The van der Waals surface area contributed by atoms with E-state index in [4.69, 9.17) is 25.3 Å². The summed E-state index contributed by atoms with van der Waals surface area (Å²) >= 11 is 0. The van der Waals surface area contributed by atoms with Gasteiger partial charge in [0.05, 0.1) is 6.61 Å². The van der Waals surface area contributed by atoms with Gasteiger partial charge in [-0.05, 0) is 6.37 Å². The number of epoxide rings is 1. The smallest absolute Gasteiger partial charge is 0.305 e.